The number of esters is 1. The molecule has 3 rings (SSSR count). The van der Waals surface area contributed by atoms with Crippen molar-refractivity contribution in [2.24, 2.45) is 5.92 Å². The lowest BCUT2D eigenvalue weighted by Crippen LogP contribution is -2.28. The summed E-state index contributed by atoms with van der Waals surface area (Å²) in [6.07, 6.45) is 0.0392. The van der Waals surface area contributed by atoms with Crippen LogP contribution < -0.4 is 10.2 Å². The highest BCUT2D eigenvalue weighted by Crippen LogP contribution is 2.26. The largest absolute Gasteiger partial charge is 0.455 e. The fourth-order valence-corrected chi connectivity index (χ4v) is 2.96. The third-order valence-electron chi connectivity index (χ3n) is 4.61. The summed E-state index contributed by atoms with van der Waals surface area (Å²) in [6, 6.07) is 11.8. The lowest BCUT2D eigenvalue weighted by Gasteiger charge is -2.16. The molecular weight excluding hydrogens is 363 g/mol. The SMILES string of the molecule is Cc1ccc(N2C[C@@H](C(=O)OCC(=O)Nc3ccc(C)c(F)c3)CC2=O)cc1. The molecular formula is C21H21FN2O4. The number of carbonyl (C=O) groups is 3. The Kier molecular flexibility index (Phi) is 5.73. The zero-order valence-electron chi connectivity index (χ0n) is 15.7. The molecule has 0 aromatic heterocycles. The molecule has 7 heteroatoms. The number of rotatable bonds is 5. The van der Waals surface area contributed by atoms with Crippen LogP contribution in [0.15, 0.2) is 42.5 Å². The topological polar surface area (TPSA) is 75.7 Å². The molecule has 1 fully saturated rings. The number of carbonyl (C=O) groups excluding carboxylic acids is 3. The zero-order valence-corrected chi connectivity index (χ0v) is 15.7. The van der Waals surface area contributed by atoms with E-state index in [0.29, 0.717) is 5.56 Å². The highest BCUT2D eigenvalue weighted by molar-refractivity contribution is 6.00. The molecule has 1 aliphatic heterocycles. The highest BCUT2D eigenvalue weighted by Gasteiger charge is 2.36. The van der Waals surface area contributed by atoms with Gasteiger partial charge < -0.3 is 15.0 Å². The van der Waals surface area contributed by atoms with Gasteiger partial charge in [-0.15, -0.1) is 0 Å². The number of amides is 2. The quantitative estimate of drug-likeness (QED) is 0.804. The Morgan fingerprint density at radius 1 is 1.18 bits per heavy atom. The molecule has 0 saturated carbocycles. The first-order chi connectivity index (χ1) is 13.3. The maximum absolute atomic E-state index is 13.5. The number of anilines is 2. The lowest BCUT2D eigenvalue weighted by atomic mass is 10.1. The van der Waals surface area contributed by atoms with E-state index in [0.717, 1.165) is 11.3 Å². The number of hydrogen-bond acceptors (Lipinski definition) is 4. The summed E-state index contributed by atoms with van der Waals surface area (Å²) in [5, 5.41) is 2.47. The van der Waals surface area contributed by atoms with Gasteiger partial charge in [0, 0.05) is 24.3 Å². The Labute approximate surface area is 162 Å². The van der Waals surface area contributed by atoms with Gasteiger partial charge in [-0.3, -0.25) is 14.4 Å². The van der Waals surface area contributed by atoms with E-state index in [2.05, 4.69) is 5.32 Å². The van der Waals surface area contributed by atoms with Gasteiger partial charge in [-0.25, -0.2) is 4.39 Å². The number of nitrogens with one attached hydrogen (secondary N) is 1. The van der Waals surface area contributed by atoms with Crippen LogP contribution in [0.5, 0.6) is 0 Å². The molecule has 2 amide bonds. The Balaban J connectivity index is 1.52. The van der Waals surface area contributed by atoms with Gasteiger partial charge in [0.1, 0.15) is 5.82 Å². The monoisotopic (exact) mass is 384 g/mol. The molecule has 1 aliphatic rings. The van der Waals surface area contributed by atoms with Crippen LogP contribution in [0.25, 0.3) is 0 Å². The number of hydrogen-bond donors (Lipinski definition) is 1. The standard InChI is InChI=1S/C21H21FN2O4/c1-13-3-7-17(8-4-13)24-11-15(9-20(24)26)21(27)28-12-19(25)23-16-6-5-14(2)18(22)10-16/h3-8,10,15H,9,11-12H2,1-2H3,(H,23,25)/t15-/m0/s1. The number of benzene rings is 2. The summed E-state index contributed by atoms with van der Waals surface area (Å²) < 4.78 is 18.6. The van der Waals surface area contributed by atoms with Crippen molar-refractivity contribution in [1.82, 2.24) is 0 Å². The molecule has 0 radical (unpaired) electrons. The van der Waals surface area contributed by atoms with Crippen molar-refractivity contribution in [3.8, 4) is 0 Å². The number of halogens is 1. The summed E-state index contributed by atoms with van der Waals surface area (Å²) in [4.78, 5) is 37.9. The minimum atomic E-state index is -0.626. The van der Waals surface area contributed by atoms with Gasteiger partial charge >= 0.3 is 5.97 Å². The Morgan fingerprint density at radius 2 is 1.89 bits per heavy atom. The third-order valence-corrected chi connectivity index (χ3v) is 4.61. The molecule has 146 valence electrons. The average Bonchev–Trinajstić information content (AvgIpc) is 3.05. The van der Waals surface area contributed by atoms with Crippen LogP contribution in [-0.2, 0) is 19.1 Å². The summed E-state index contributed by atoms with van der Waals surface area (Å²) in [5.41, 5.74) is 2.55. The van der Waals surface area contributed by atoms with Crippen LogP contribution in [0.1, 0.15) is 17.5 Å². The van der Waals surface area contributed by atoms with E-state index in [1.807, 2.05) is 31.2 Å². The van der Waals surface area contributed by atoms with Gasteiger partial charge in [0.15, 0.2) is 6.61 Å². The third kappa shape index (κ3) is 4.54. The minimum absolute atomic E-state index is 0.0392. The first-order valence-electron chi connectivity index (χ1n) is 8.93. The summed E-state index contributed by atoms with van der Waals surface area (Å²) in [5.74, 6) is -2.40. The van der Waals surface area contributed by atoms with Gasteiger partial charge in [0.2, 0.25) is 5.91 Å². The maximum atomic E-state index is 13.5. The average molecular weight is 384 g/mol. The van der Waals surface area contributed by atoms with Crippen molar-refractivity contribution < 1.29 is 23.5 Å². The molecule has 2 aromatic carbocycles. The molecule has 1 atom stereocenters. The fourth-order valence-electron chi connectivity index (χ4n) is 2.96. The van der Waals surface area contributed by atoms with Crippen molar-refractivity contribution in [2.45, 2.75) is 20.3 Å². The van der Waals surface area contributed by atoms with Crippen LogP contribution >= 0.6 is 0 Å². The normalized spacial score (nSPS) is 16.2. The van der Waals surface area contributed by atoms with Gasteiger partial charge in [0.25, 0.3) is 5.91 Å². The van der Waals surface area contributed by atoms with Crippen molar-refractivity contribution in [3.63, 3.8) is 0 Å². The van der Waals surface area contributed by atoms with Crippen LogP contribution in [0.2, 0.25) is 0 Å². The van der Waals surface area contributed by atoms with Crippen LogP contribution in [0.3, 0.4) is 0 Å². The first kappa shape index (κ1) is 19.5. The number of nitrogens with zero attached hydrogens (tertiary/aromatic N) is 1. The molecule has 1 saturated heterocycles. The second kappa shape index (κ2) is 8.21. The molecule has 2 aromatic rings. The molecule has 1 N–H and O–H groups in total. The number of ether oxygens (including phenoxy) is 1. The molecule has 6 nitrogen and oxygen atoms in total. The molecule has 0 spiro atoms. The molecule has 0 aliphatic carbocycles. The van der Waals surface area contributed by atoms with Gasteiger partial charge in [0.05, 0.1) is 5.92 Å². The second-order valence-corrected chi connectivity index (χ2v) is 6.86. The molecule has 0 bridgehead atoms. The van der Waals surface area contributed by atoms with E-state index in [1.165, 1.54) is 6.07 Å². The van der Waals surface area contributed by atoms with Gasteiger partial charge in [-0.05, 0) is 43.7 Å². The predicted octanol–water partition coefficient (Wildman–Crippen LogP) is 2.98. The molecule has 0 unspecified atom stereocenters. The van der Waals surface area contributed by atoms with E-state index in [9.17, 15) is 18.8 Å². The van der Waals surface area contributed by atoms with Crippen molar-refractivity contribution in [2.75, 3.05) is 23.4 Å². The molecule has 1 heterocycles. The van der Waals surface area contributed by atoms with Crippen molar-refractivity contribution in [1.29, 1.82) is 0 Å². The summed E-state index contributed by atoms with van der Waals surface area (Å²) >= 11 is 0. The van der Waals surface area contributed by atoms with Gasteiger partial charge in [-0.1, -0.05) is 23.8 Å². The van der Waals surface area contributed by atoms with E-state index < -0.39 is 30.2 Å². The van der Waals surface area contributed by atoms with Crippen molar-refractivity contribution >= 4 is 29.2 Å². The smallest absolute Gasteiger partial charge is 0.311 e. The maximum Gasteiger partial charge on any atom is 0.311 e. The summed E-state index contributed by atoms with van der Waals surface area (Å²) in [7, 11) is 0. The lowest BCUT2D eigenvalue weighted by molar-refractivity contribution is -0.151. The van der Waals surface area contributed by atoms with Crippen molar-refractivity contribution in [3.05, 3.63) is 59.4 Å². The minimum Gasteiger partial charge on any atom is -0.455 e. The summed E-state index contributed by atoms with van der Waals surface area (Å²) in [6.45, 7) is 3.28. The second-order valence-electron chi connectivity index (χ2n) is 6.86. The van der Waals surface area contributed by atoms with Crippen LogP contribution in [-0.4, -0.2) is 30.9 Å². The van der Waals surface area contributed by atoms with Crippen LogP contribution in [0, 0.1) is 25.6 Å². The van der Waals surface area contributed by atoms with E-state index in [1.54, 1.807) is 24.0 Å². The predicted molar refractivity (Wildman–Crippen MR) is 102 cm³/mol. The highest BCUT2D eigenvalue weighted by atomic mass is 19.1. The van der Waals surface area contributed by atoms with E-state index in [-0.39, 0.29) is 24.6 Å². The van der Waals surface area contributed by atoms with E-state index in [4.69, 9.17) is 4.74 Å². The Bertz CT molecular complexity index is 911. The number of aryl methyl sites for hydroxylation is 2. The zero-order chi connectivity index (χ0) is 20.3. The van der Waals surface area contributed by atoms with Gasteiger partial charge in [-0.2, -0.15) is 0 Å². The van der Waals surface area contributed by atoms with Crippen LogP contribution in [0.4, 0.5) is 15.8 Å². The Hall–Kier alpha value is -3.22. The first-order valence-corrected chi connectivity index (χ1v) is 8.93. The fraction of sp³-hybridized carbons (Fsp3) is 0.286. The van der Waals surface area contributed by atoms with E-state index >= 15 is 0 Å². The Morgan fingerprint density at radius 3 is 2.57 bits per heavy atom. The molecule has 28 heavy (non-hydrogen) atoms.